The maximum atomic E-state index is 6.10. The zero-order chi connectivity index (χ0) is 16.8. The Balaban J connectivity index is 1.66. The van der Waals surface area contributed by atoms with Gasteiger partial charge in [-0.15, -0.1) is 0 Å². The molecule has 0 aromatic heterocycles. The molecule has 1 aromatic carbocycles. The second-order valence-corrected chi connectivity index (χ2v) is 7.21. The number of hydrogen-bond donors (Lipinski definition) is 1. The summed E-state index contributed by atoms with van der Waals surface area (Å²) >= 11 is 6.02. The van der Waals surface area contributed by atoms with Gasteiger partial charge in [0.15, 0.2) is 0 Å². The molecule has 2 heterocycles. The van der Waals surface area contributed by atoms with Crippen molar-refractivity contribution in [2.75, 3.05) is 39.5 Å². The largest absolute Gasteiger partial charge is 0.379 e. The Kier molecular flexibility index (Phi) is 6.93. The van der Waals surface area contributed by atoms with Crippen molar-refractivity contribution in [2.24, 2.45) is 0 Å². The minimum Gasteiger partial charge on any atom is -0.379 e. The Hall–Kier alpha value is -0.650. The van der Waals surface area contributed by atoms with E-state index in [0.717, 1.165) is 44.3 Å². The molecule has 0 aliphatic carbocycles. The van der Waals surface area contributed by atoms with Crippen LogP contribution in [0.4, 0.5) is 0 Å². The molecule has 2 atom stereocenters. The van der Waals surface area contributed by atoms with E-state index in [0.29, 0.717) is 18.7 Å². The molecule has 0 bridgehead atoms. The maximum Gasteiger partial charge on any atom is 0.0935 e. The van der Waals surface area contributed by atoms with Gasteiger partial charge < -0.3 is 14.8 Å². The summed E-state index contributed by atoms with van der Waals surface area (Å²) in [6, 6.07) is 9.31. The van der Waals surface area contributed by atoms with Crippen LogP contribution in [0.3, 0.4) is 0 Å². The average molecular weight is 353 g/mol. The van der Waals surface area contributed by atoms with Crippen LogP contribution in [0.1, 0.15) is 25.3 Å². The van der Waals surface area contributed by atoms with Crippen LogP contribution in [0.15, 0.2) is 24.3 Å². The standard InChI is InChI=1S/C19H29ClN2O2/c1-2-23-14-19-12-22(17-7-9-21-10-8-17)18(13-24-19)11-15-3-5-16(20)6-4-15/h3-6,17-19,21H,2,7-14H2,1H3/t18-,19+/m0/s1. The first-order chi connectivity index (χ1) is 11.8. The van der Waals surface area contributed by atoms with Crippen molar-refractivity contribution < 1.29 is 9.47 Å². The number of nitrogens with one attached hydrogen (secondary N) is 1. The van der Waals surface area contributed by atoms with Crippen LogP contribution in [-0.2, 0) is 15.9 Å². The smallest absolute Gasteiger partial charge is 0.0935 e. The van der Waals surface area contributed by atoms with E-state index in [1.807, 2.05) is 19.1 Å². The molecule has 2 fully saturated rings. The number of halogens is 1. The molecule has 5 heteroatoms. The molecule has 1 aromatic rings. The van der Waals surface area contributed by atoms with Crippen molar-refractivity contribution in [3.8, 4) is 0 Å². The van der Waals surface area contributed by atoms with Gasteiger partial charge in [-0.1, -0.05) is 23.7 Å². The van der Waals surface area contributed by atoms with Crippen molar-refractivity contribution in [3.63, 3.8) is 0 Å². The van der Waals surface area contributed by atoms with E-state index in [9.17, 15) is 0 Å². The van der Waals surface area contributed by atoms with Crippen molar-refractivity contribution in [3.05, 3.63) is 34.9 Å². The third-order valence-electron chi connectivity index (χ3n) is 5.08. The topological polar surface area (TPSA) is 33.7 Å². The van der Waals surface area contributed by atoms with Crippen LogP contribution < -0.4 is 5.32 Å². The molecular weight excluding hydrogens is 324 g/mol. The van der Waals surface area contributed by atoms with Crippen LogP contribution in [-0.4, -0.2) is 62.5 Å². The molecular formula is C19H29ClN2O2. The molecule has 0 amide bonds. The molecule has 2 aliphatic heterocycles. The van der Waals surface area contributed by atoms with E-state index in [-0.39, 0.29) is 6.10 Å². The molecule has 4 nitrogen and oxygen atoms in total. The first kappa shape index (κ1) is 18.2. The van der Waals surface area contributed by atoms with Gasteiger partial charge >= 0.3 is 0 Å². The van der Waals surface area contributed by atoms with Crippen LogP contribution in [0.2, 0.25) is 5.02 Å². The van der Waals surface area contributed by atoms with Crippen LogP contribution in [0.5, 0.6) is 0 Å². The lowest BCUT2D eigenvalue weighted by molar-refractivity contribution is -0.107. The van der Waals surface area contributed by atoms with Crippen LogP contribution >= 0.6 is 11.6 Å². The highest BCUT2D eigenvalue weighted by atomic mass is 35.5. The van der Waals surface area contributed by atoms with Gasteiger partial charge in [0.25, 0.3) is 0 Å². The molecule has 1 N–H and O–H groups in total. The lowest BCUT2D eigenvalue weighted by Crippen LogP contribution is -2.57. The summed E-state index contributed by atoms with van der Waals surface area (Å²) in [6.07, 6.45) is 3.65. The van der Waals surface area contributed by atoms with Gasteiger partial charge in [0, 0.05) is 30.3 Å². The Labute approximate surface area is 150 Å². The summed E-state index contributed by atoms with van der Waals surface area (Å²) in [7, 11) is 0. The molecule has 0 spiro atoms. The Morgan fingerprint density at radius 2 is 2.00 bits per heavy atom. The number of hydrogen-bond acceptors (Lipinski definition) is 4. The second kappa shape index (κ2) is 9.16. The summed E-state index contributed by atoms with van der Waals surface area (Å²) in [4.78, 5) is 2.68. The summed E-state index contributed by atoms with van der Waals surface area (Å²) in [6.45, 7) is 7.48. The lowest BCUT2D eigenvalue weighted by atomic mass is 9.97. The van der Waals surface area contributed by atoms with Crippen molar-refractivity contribution in [1.82, 2.24) is 10.2 Å². The normalized spacial score (nSPS) is 26.6. The zero-order valence-electron chi connectivity index (χ0n) is 14.5. The molecule has 0 unspecified atom stereocenters. The molecule has 0 saturated carbocycles. The summed E-state index contributed by atoms with van der Waals surface area (Å²) < 4.78 is 11.7. The number of morpholine rings is 1. The monoisotopic (exact) mass is 352 g/mol. The highest BCUT2D eigenvalue weighted by Gasteiger charge is 2.34. The highest BCUT2D eigenvalue weighted by Crippen LogP contribution is 2.24. The van der Waals surface area contributed by atoms with Crippen molar-refractivity contribution in [1.29, 1.82) is 0 Å². The van der Waals surface area contributed by atoms with Gasteiger partial charge in [-0.25, -0.2) is 0 Å². The highest BCUT2D eigenvalue weighted by molar-refractivity contribution is 6.30. The molecule has 24 heavy (non-hydrogen) atoms. The third kappa shape index (κ3) is 4.93. The van der Waals surface area contributed by atoms with Gasteiger partial charge in [-0.2, -0.15) is 0 Å². The van der Waals surface area contributed by atoms with Crippen molar-refractivity contribution in [2.45, 2.75) is 44.4 Å². The van der Waals surface area contributed by atoms with E-state index in [2.05, 4.69) is 22.3 Å². The van der Waals surface area contributed by atoms with E-state index < -0.39 is 0 Å². The van der Waals surface area contributed by atoms with Gasteiger partial charge in [0.05, 0.1) is 19.3 Å². The summed E-state index contributed by atoms with van der Waals surface area (Å²) in [5.74, 6) is 0. The van der Waals surface area contributed by atoms with Crippen LogP contribution in [0.25, 0.3) is 0 Å². The molecule has 134 valence electrons. The Morgan fingerprint density at radius 3 is 2.71 bits per heavy atom. The predicted octanol–water partition coefficient (Wildman–Crippen LogP) is 2.74. The average Bonchev–Trinajstić information content (AvgIpc) is 2.63. The Morgan fingerprint density at radius 1 is 1.25 bits per heavy atom. The fourth-order valence-electron chi connectivity index (χ4n) is 3.78. The maximum absolute atomic E-state index is 6.10. The SMILES string of the molecule is CCOC[C@H]1CN(C2CCNCC2)[C@@H](Cc2ccc(Cl)cc2)CO1. The minimum absolute atomic E-state index is 0.196. The second-order valence-electron chi connectivity index (χ2n) is 6.78. The Bertz CT molecular complexity index is 491. The number of nitrogens with zero attached hydrogens (tertiary/aromatic N) is 1. The van der Waals surface area contributed by atoms with Gasteiger partial charge in [-0.05, 0) is 57.0 Å². The quantitative estimate of drug-likeness (QED) is 0.853. The summed E-state index contributed by atoms with van der Waals surface area (Å²) in [5.41, 5.74) is 1.33. The summed E-state index contributed by atoms with van der Waals surface area (Å²) in [5, 5.41) is 4.27. The van der Waals surface area contributed by atoms with Gasteiger partial charge in [-0.3, -0.25) is 4.90 Å². The molecule has 2 aliphatic rings. The number of ether oxygens (including phenoxy) is 2. The van der Waals surface area contributed by atoms with E-state index >= 15 is 0 Å². The van der Waals surface area contributed by atoms with Crippen molar-refractivity contribution >= 4 is 11.6 Å². The first-order valence-electron chi connectivity index (χ1n) is 9.16. The number of piperidine rings is 1. The lowest BCUT2D eigenvalue weighted by Gasteiger charge is -2.45. The zero-order valence-corrected chi connectivity index (χ0v) is 15.3. The fourth-order valence-corrected chi connectivity index (χ4v) is 3.91. The van der Waals surface area contributed by atoms with Gasteiger partial charge in [0.1, 0.15) is 0 Å². The first-order valence-corrected chi connectivity index (χ1v) is 9.54. The van der Waals surface area contributed by atoms with E-state index in [1.165, 1.54) is 18.4 Å². The van der Waals surface area contributed by atoms with Gasteiger partial charge in [0.2, 0.25) is 0 Å². The number of benzene rings is 1. The van der Waals surface area contributed by atoms with E-state index in [4.69, 9.17) is 21.1 Å². The fraction of sp³-hybridized carbons (Fsp3) is 0.684. The van der Waals surface area contributed by atoms with E-state index in [1.54, 1.807) is 0 Å². The number of rotatable bonds is 6. The predicted molar refractivity (Wildman–Crippen MR) is 97.8 cm³/mol. The van der Waals surface area contributed by atoms with Crippen LogP contribution in [0, 0.1) is 0 Å². The molecule has 3 rings (SSSR count). The third-order valence-corrected chi connectivity index (χ3v) is 5.33. The minimum atomic E-state index is 0.196. The molecule has 0 radical (unpaired) electrons. The molecule has 2 saturated heterocycles.